The van der Waals surface area contributed by atoms with Crippen LogP contribution in [-0.2, 0) is 23.5 Å². The number of fused-ring (bicyclic) bond motifs is 3. The van der Waals surface area contributed by atoms with Gasteiger partial charge in [-0.2, -0.15) is 0 Å². The molecule has 0 aliphatic heterocycles. The molecule has 2 aromatic carbocycles. The lowest BCUT2D eigenvalue weighted by Gasteiger charge is -2.10. The predicted molar refractivity (Wildman–Crippen MR) is 124 cm³/mol. The average molecular weight is 463 g/mol. The molecule has 0 bridgehead atoms. The molecule has 0 spiro atoms. The second-order valence-electron chi connectivity index (χ2n) is 7.48. The van der Waals surface area contributed by atoms with Crippen LogP contribution in [-0.4, -0.2) is 43.1 Å². The second-order valence-corrected chi connectivity index (χ2v) is 8.42. The number of thioether (sulfide) groups is 1. The standard InChI is InChI=1S/C23H22N6O3S/c1-31-13-7-12-28-21(30)17-10-5-6-11-18(17)29-22(28)26-27-23(29)33-15-20-25-24-19(32-20)14-16-8-3-2-4-9-16/h2-6,8-11H,7,12-15H2,1H3. The third-order valence-electron chi connectivity index (χ3n) is 5.24. The molecule has 0 aliphatic rings. The van der Waals surface area contributed by atoms with Crippen LogP contribution < -0.4 is 5.56 Å². The highest BCUT2D eigenvalue weighted by Crippen LogP contribution is 2.24. The van der Waals surface area contributed by atoms with Crippen molar-refractivity contribution in [3.05, 3.63) is 82.3 Å². The zero-order valence-corrected chi connectivity index (χ0v) is 18.9. The van der Waals surface area contributed by atoms with Gasteiger partial charge in [-0.25, -0.2) is 0 Å². The lowest BCUT2D eigenvalue weighted by atomic mass is 10.2. The van der Waals surface area contributed by atoms with Crippen LogP contribution >= 0.6 is 11.8 Å². The lowest BCUT2D eigenvalue weighted by Crippen LogP contribution is -2.24. The number of aromatic nitrogens is 6. The van der Waals surface area contributed by atoms with Gasteiger partial charge in [0, 0.05) is 20.3 Å². The van der Waals surface area contributed by atoms with Crippen LogP contribution in [0, 0.1) is 0 Å². The molecule has 0 aliphatic carbocycles. The van der Waals surface area contributed by atoms with Gasteiger partial charge in [0.1, 0.15) is 0 Å². The fourth-order valence-electron chi connectivity index (χ4n) is 3.71. The second kappa shape index (κ2) is 9.55. The number of rotatable bonds is 9. The summed E-state index contributed by atoms with van der Waals surface area (Å²) >= 11 is 1.44. The van der Waals surface area contributed by atoms with Gasteiger partial charge in [0.25, 0.3) is 5.56 Å². The minimum absolute atomic E-state index is 0.0828. The van der Waals surface area contributed by atoms with Crippen molar-refractivity contribution in [1.29, 1.82) is 0 Å². The van der Waals surface area contributed by atoms with Gasteiger partial charge in [-0.15, -0.1) is 20.4 Å². The number of ether oxygens (including phenoxy) is 1. The highest BCUT2D eigenvalue weighted by Gasteiger charge is 2.17. The fraction of sp³-hybridized carbons (Fsp3) is 0.261. The van der Waals surface area contributed by atoms with Crippen molar-refractivity contribution < 1.29 is 9.15 Å². The van der Waals surface area contributed by atoms with Crippen molar-refractivity contribution in [3.63, 3.8) is 0 Å². The lowest BCUT2D eigenvalue weighted by molar-refractivity contribution is 0.190. The summed E-state index contributed by atoms with van der Waals surface area (Å²) in [5.41, 5.74) is 1.80. The first-order chi connectivity index (χ1) is 16.2. The first kappa shape index (κ1) is 21.4. The Morgan fingerprint density at radius 2 is 1.76 bits per heavy atom. The van der Waals surface area contributed by atoms with Crippen LogP contribution in [0.1, 0.15) is 23.8 Å². The minimum Gasteiger partial charge on any atom is -0.424 e. The number of aryl methyl sites for hydroxylation is 1. The third kappa shape index (κ3) is 4.39. The first-order valence-electron chi connectivity index (χ1n) is 10.6. The van der Waals surface area contributed by atoms with Crippen LogP contribution in [0.5, 0.6) is 0 Å². The van der Waals surface area contributed by atoms with E-state index in [0.29, 0.717) is 59.8 Å². The topological polar surface area (TPSA) is 100 Å². The average Bonchev–Trinajstić information content (AvgIpc) is 3.47. The molecule has 0 saturated heterocycles. The molecule has 9 nitrogen and oxygen atoms in total. The zero-order chi connectivity index (χ0) is 22.6. The monoisotopic (exact) mass is 462 g/mol. The zero-order valence-electron chi connectivity index (χ0n) is 18.0. The molecule has 0 amide bonds. The summed E-state index contributed by atoms with van der Waals surface area (Å²) < 4.78 is 14.5. The summed E-state index contributed by atoms with van der Waals surface area (Å²) in [4.78, 5) is 13.1. The maximum atomic E-state index is 13.1. The van der Waals surface area contributed by atoms with Gasteiger partial charge in [-0.3, -0.25) is 13.8 Å². The van der Waals surface area contributed by atoms with Crippen molar-refractivity contribution in [3.8, 4) is 0 Å². The number of hydrogen-bond acceptors (Lipinski definition) is 8. The molecular weight excluding hydrogens is 440 g/mol. The third-order valence-corrected chi connectivity index (χ3v) is 6.15. The summed E-state index contributed by atoms with van der Waals surface area (Å²) in [7, 11) is 1.65. The van der Waals surface area contributed by atoms with Gasteiger partial charge in [-0.05, 0) is 24.1 Å². The van der Waals surface area contributed by atoms with Gasteiger partial charge in [0.2, 0.25) is 17.6 Å². The van der Waals surface area contributed by atoms with Crippen LogP contribution in [0.25, 0.3) is 16.7 Å². The Balaban J connectivity index is 1.43. The SMILES string of the molecule is COCCCn1c(=O)c2ccccc2n2c(SCc3nnc(Cc4ccccc4)o3)nnc12. The van der Waals surface area contributed by atoms with Gasteiger partial charge in [0.05, 0.1) is 23.1 Å². The summed E-state index contributed by atoms with van der Waals surface area (Å²) in [6, 6.07) is 17.5. The molecule has 33 heavy (non-hydrogen) atoms. The molecule has 0 radical (unpaired) electrons. The molecule has 0 saturated carbocycles. The smallest absolute Gasteiger partial charge is 0.262 e. The van der Waals surface area contributed by atoms with Crippen molar-refractivity contribution in [1.82, 2.24) is 29.4 Å². The highest BCUT2D eigenvalue weighted by molar-refractivity contribution is 7.98. The molecule has 3 aromatic heterocycles. The molecule has 0 fully saturated rings. The van der Waals surface area contributed by atoms with Crippen molar-refractivity contribution in [2.75, 3.05) is 13.7 Å². The molecule has 0 unspecified atom stereocenters. The number of hydrogen-bond donors (Lipinski definition) is 0. The highest BCUT2D eigenvalue weighted by atomic mass is 32.2. The van der Waals surface area contributed by atoms with E-state index >= 15 is 0 Å². The Hall–Kier alpha value is -3.50. The summed E-state index contributed by atoms with van der Waals surface area (Å²) in [6.45, 7) is 1.06. The largest absolute Gasteiger partial charge is 0.424 e. The minimum atomic E-state index is -0.0828. The maximum Gasteiger partial charge on any atom is 0.262 e. The van der Waals surface area contributed by atoms with E-state index in [2.05, 4.69) is 20.4 Å². The van der Waals surface area contributed by atoms with E-state index in [0.717, 1.165) is 11.1 Å². The Kier molecular flexibility index (Phi) is 6.18. The Bertz CT molecular complexity index is 1440. The quantitative estimate of drug-likeness (QED) is 0.243. The van der Waals surface area contributed by atoms with Crippen molar-refractivity contribution in [2.45, 2.75) is 30.3 Å². The Morgan fingerprint density at radius 1 is 0.970 bits per heavy atom. The van der Waals surface area contributed by atoms with E-state index in [9.17, 15) is 4.79 Å². The van der Waals surface area contributed by atoms with Gasteiger partial charge in [-0.1, -0.05) is 54.2 Å². The molecule has 10 heteroatoms. The summed E-state index contributed by atoms with van der Waals surface area (Å²) in [6.07, 6.45) is 1.29. The molecule has 0 atom stereocenters. The summed E-state index contributed by atoms with van der Waals surface area (Å²) in [5, 5.41) is 18.3. The van der Waals surface area contributed by atoms with Gasteiger partial charge in [0.15, 0.2) is 5.16 Å². The van der Waals surface area contributed by atoms with E-state index in [-0.39, 0.29) is 5.56 Å². The number of benzene rings is 2. The normalized spacial score (nSPS) is 11.5. The Labute approximate surface area is 193 Å². The summed E-state index contributed by atoms with van der Waals surface area (Å²) in [5.74, 6) is 2.04. The van der Waals surface area contributed by atoms with E-state index < -0.39 is 0 Å². The molecule has 168 valence electrons. The number of para-hydroxylation sites is 1. The van der Waals surface area contributed by atoms with Gasteiger partial charge < -0.3 is 9.15 Å². The van der Waals surface area contributed by atoms with E-state index in [4.69, 9.17) is 9.15 Å². The predicted octanol–water partition coefficient (Wildman–Crippen LogP) is 3.35. The van der Waals surface area contributed by atoms with Crippen LogP contribution in [0.2, 0.25) is 0 Å². The number of nitrogens with zero attached hydrogens (tertiary/aromatic N) is 6. The van der Waals surface area contributed by atoms with Crippen LogP contribution in [0.15, 0.2) is 69.0 Å². The first-order valence-corrected chi connectivity index (χ1v) is 11.6. The number of methoxy groups -OCH3 is 1. The molecule has 0 N–H and O–H groups in total. The maximum absolute atomic E-state index is 13.1. The fourth-order valence-corrected chi connectivity index (χ4v) is 4.49. The van der Waals surface area contributed by atoms with E-state index in [1.165, 1.54) is 11.8 Å². The van der Waals surface area contributed by atoms with Crippen molar-refractivity contribution >= 4 is 28.4 Å². The van der Waals surface area contributed by atoms with Crippen molar-refractivity contribution in [2.24, 2.45) is 0 Å². The molecule has 5 rings (SSSR count). The molecular formula is C23H22N6O3S. The van der Waals surface area contributed by atoms with Gasteiger partial charge >= 0.3 is 0 Å². The van der Waals surface area contributed by atoms with E-state index in [1.807, 2.05) is 59.0 Å². The molecule has 3 heterocycles. The van der Waals surface area contributed by atoms with Crippen LogP contribution in [0.3, 0.4) is 0 Å². The molecule has 5 aromatic rings. The van der Waals surface area contributed by atoms with E-state index in [1.54, 1.807) is 11.7 Å². The Morgan fingerprint density at radius 3 is 2.61 bits per heavy atom. The van der Waals surface area contributed by atoms with Crippen LogP contribution in [0.4, 0.5) is 0 Å².